The molecule has 0 N–H and O–H groups in total. The van der Waals surface area contributed by atoms with Crippen LogP contribution in [0, 0.1) is 15.9 Å². The maximum Gasteiger partial charge on any atom is 0.339 e. The molecule has 4 atom stereocenters. The van der Waals surface area contributed by atoms with Gasteiger partial charge >= 0.3 is 11.7 Å². The number of benzene rings is 2. The number of pyridine rings is 1. The molecule has 2 aliphatic heterocycles. The molecule has 13 nitrogen and oxygen atoms in total. The van der Waals surface area contributed by atoms with Crippen LogP contribution in [0.25, 0.3) is 11.3 Å². The van der Waals surface area contributed by atoms with Gasteiger partial charge in [-0.1, -0.05) is 11.6 Å². The van der Waals surface area contributed by atoms with Crippen molar-refractivity contribution < 1.29 is 52.0 Å². The molecule has 1 aromatic heterocycles. The minimum atomic E-state index is -1.02. The van der Waals surface area contributed by atoms with Crippen molar-refractivity contribution in [3.8, 4) is 28.5 Å². The summed E-state index contributed by atoms with van der Waals surface area (Å²) in [5.74, 6) is -2.77. The van der Waals surface area contributed by atoms with Crippen LogP contribution < -0.4 is 14.2 Å². The Morgan fingerprint density at radius 3 is 2.13 bits per heavy atom. The van der Waals surface area contributed by atoms with E-state index in [4.69, 9.17) is 49.5 Å². The minimum Gasteiger partial charge on any atom is -0.491 e. The van der Waals surface area contributed by atoms with Crippen LogP contribution in [0.15, 0.2) is 48.7 Å². The molecule has 3 aromatic rings. The summed E-state index contributed by atoms with van der Waals surface area (Å²) in [4.78, 5) is 26.8. The van der Waals surface area contributed by atoms with E-state index in [1.165, 1.54) is 44.7 Å². The summed E-state index contributed by atoms with van der Waals surface area (Å²) in [6, 6.07) is 9.76. The third-order valence-electron chi connectivity index (χ3n) is 7.37. The highest BCUT2D eigenvalue weighted by Gasteiger charge is 2.54. The molecule has 2 fully saturated rings. The molecule has 3 heterocycles. The van der Waals surface area contributed by atoms with E-state index >= 15 is 0 Å². The number of hydrogen-bond acceptors (Lipinski definition) is 12. The summed E-state index contributed by atoms with van der Waals surface area (Å²) < 4.78 is 61.3. The van der Waals surface area contributed by atoms with Crippen molar-refractivity contribution in [3.05, 3.63) is 75.2 Å². The van der Waals surface area contributed by atoms with Crippen LogP contribution in [-0.4, -0.2) is 79.3 Å². The Labute approximate surface area is 274 Å². The highest BCUT2D eigenvalue weighted by molar-refractivity contribution is 6.32. The Morgan fingerprint density at radius 2 is 1.57 bits per heavy atom. The number of nitro benzene ring substituents is 1. The molecule has 0 aliphatic carbocycles. The largest absolute Gasteiger partial charge is 0.491 e. The number of carbonyl (C=O) groups excluding carboxylic acids is 1. The summed E-state index contributed by atoms with van der Waals surface area (Å²) in [6.45, 7) is 6.89. The fourth-order valence-electron chi connectivity index (χ4n) is 5.43. The first-order valence-corrected chi connectivity index (χ1v) is 14.9. The van der Waals surface area contributed by atoms with Crippen molar-refractivity contribution in [2.45, 2.75) is 63.7 Å². The van der Waals surface area contributed by atoms with Gasteiger partial charge in [-0.25, -0.2) is 9.18 Å². The van der Waals surface area contributed by atoms with Crippen molar-refractivity contribution in [2.75, 3.05) is 27.4 Å². The van der Waals surface area contributed by atoms with Gasteiger partial charge in [0.15, 0.2) is 11.6 Å². The summed E-state index contributed by atoms with van der Waals surface area (Å²) in [5, 5.41) is 11.4. The lowest BCUT2D eigenvalue weighted by atomic mass is 10.0. The van der Waals surface area contributed by atoms with Crippen LogP contribution in [0.2, 0.25) is 5.02 Å². The first-order chi connectivity index (χ1) is 22.2. The summed E-state index contributed by atoms with van der Waals surface area (Å²) in [6.07, 6.45) is -1.43. The van der Waals surface area contributed by atoms with Gasteiger partial charge in [-0.15, -0.1) is 0 Å². The summed E-state index contributed by atoms with van der Waals surface area (Å²) in [7, 11) is 2.58. The van der Waals surface area contributed by atoms with Gasteiger partial charge in [0.25, 0.3) is 0 Å². The van der Waals surface area contributed by atoms with Crippen molar-refractivity contribution in [3.63, 3.8) is 0 Å². The average molecular weight is 677 g/mol. The molecule has 252 valence electrons. The number of carbonyl (C=O) groups is 1. The first kappa shape index (κ1) is 34.3. The third-order valence-corrected chi connectivity index (χ3v) is 7.66. The predicted octanol–water partition coefficient (Wildman–Crippen LogP) is 5.74. The van der Waals surface area contributed by atoms with Gasteiger partial charge in [-0.2, -0.15) is 0 Å². The Bertz CT molecular complexity index is 1640. The monoisotopic (exact) mass is 676 g/mol. The summed E-state index contributed by atoms with van der Waals surface area (Å²) >= 11 is 6.29. The maximum atomic E-state index is 14.7. The number of halogens is 2. The lowest BCUT2D eigenvalue weighted by Crippen LogP contribution is -2.45. The lowest BCUT2D eigenvalue weighted by Gasteiger charge is -2.26. The molecule has 2 aromatic carbocycles. The van der Waals surface area contributed by atoms with E-state index in [1.54, 1.807) is 39.8 Å². The van der Waals surface area contributed by atoms with E-state index in [0.29, 0.717) is 11.3 Å². The average Bonchev–Trinajstić information content (AvgIpc) is 3.51. The molecule has 2 saturated heterocycles. The van der Waals surface area contributed by atoms with Gasteiger partial charge < -0.3 is 37.9 Å². The summed E-state index contributed by atoms with van der Waals surface area (Å²) in [5.41, 5.74) is 0.819. The molecule has 2 aliphatic rings. The maximum absolute atomic E-state index is 14.7. The number of rotatable bonds is 11. The number of esters is 1. The fraction of sp³-hybridized carbons (Fsp3) is 0.438. The second-order valence-corrected chi connectivity index (χ2v) is 12.1. The van der Waals surface area contributed by atoms with Crippen LogP contribution in [-0.2, 0) is 23.7 Å². The standard InChI is InChI=1S/C32H34ClFN2O11/c1-31(2)44-26(15-42-20-10-18(9-19(34)11-20)22-8-7-17(14-35-22)30(37)41-6)28(46-31)29-27(45-32(3,4)47-29)16-43-24-13-25(40-5)23(36(38)39)12-21(24)33/h7-14,26-29H,15-16H2,1-6H3/t26-,27-,28+,29+/m1/s1. The number of nitrogens with zero attached hydrogens (tertiary/aromatic N) is 2. The van der Waals surface area contributed by atoms with E-state index in [1.807, 2.05) is 0 Å². The topological polar surface area (TPSA) is 147 Å². The number of ether oxygens (including phenoxy) is 8. The van der Waals surface area contributed by atoms with Crippen molar-refractivity contribution in [1.29, 1.82) is 0 Å². The van der Waals surface area contributed by atoms with Crippen molar-refractivity contribution >= 4 is 23.3 Å². The quantitative estimate of drug-likeness (QED) is 0.139. The Kier molecular flexibility index (Phi) is 9.89. The van der Waals surface area contributed by atoms with Gasteiger partial charge in [0.2, 0.25) is 5.75 Å². The van der Waals surface area contributed by atoms with Gasteiger partial charge in [-0.3, -0.25) is 15.1 Å². The van der Waals surface area contributed by atoms with Gasteiger partial charge in [0.05, 0.1) is 35.4 Å². The van der Waals surface area contributed by atoms with E-state index in [-0.39, 0.29) is 46.7 Å². The van der Waals surface area contributed by atoms with E-state index in [2.05, 4.69) is 4.98 Å². The highest BCUT2D eigenvalue weighted by atomic mass is 35.5. The third kappa shape index (κ3) is 7.91. The van der Waals surface area contributed by atoms with Crippen LogP contribution >= 0.6 is 11.6 Å². The molecule has 0 bridgehead atoms. The number of aromatic nitrogens is 1. The second kappa shape index (κ2) is 13.6. The second-order valence-electron chi connectivity index (χ2n) is 11.7. The van der Waals surface area contributed by atoms with Gasteiger partial charge in [-0.05, 0) is 52.0 Å². The first-order valence-electron chi connectivity index (χ1n) is 14.5. The van der Waals surface area contributed by atoms with E-state index < -0.39 is 52.7 Å². The van der Waals surface area contributed by atoms with E-state index in [9.17, 15) is 19.3 Å². The highest BCUT2D eigenvalue weighted by Crippen LogP contribution is 2.41. The predicted molar refractivity (Wildman–Crippen MR) is 164 cm³/mol. The zero-order valence-electron chi connectivity index (χ0n) is 26.5. The van der Waals surface area contributed by atoms with Gasteiger partial charge in [0.1, 0.15) is 54.9 Å². The number of methoxy groups -OCH3 is 2. The van der Waals surface area contributed by atoms with Gasteiger partial charge in [0, 0.05) is 30.0 Å². The van der Waals surface area contributed by atoms with Crippen LogP contribution in [0.4, 0.5) is 10.1 Å². The molecule has 0 unspecified atom stereocenters. The molecule has 0 amide bonds. The van der Waals surface area contributed by atoms with Crippen LogP contribution in [0.3, 0.4) is 0 Å². The molecule has 15 heteroatoms. The zero-order chi connectivity index (χ0) is 34.1. The fourth-order valence-corrected chi connectivity index (χ4v) is 5.64. The molecule has 47 heavy (non-hydrogen) atoms. The van der Waals surface area contributed by atoms with E-state index in [0.717, 1.165) is 6.07 Å². The van der Waals surface area contributed by atoms with Crippen LogP contribution in [0.1, 0.15) is 38.1 Å². The Hall–Kier alpha value is -4.08. The zero-order valence-corrected chi connectivity index (χ0v) is 27.2. The molecule has 0 radical (unpaired) electrons. The molecule has 0 spiro atoms. The molecule has 0 saturated carbocycles. The minimum absolute atomic E-state index is 0.0177. The van der Waals surface area contributed by atoms with Crippen molar-refractivity contribution in [1.82, 2.24) is 4.98 Å². The Balaban J connectivity index is 1.32. The van der Waals surface area contributed by atoms with Crippen molar-refractivity contribution in [2.24, 2.45) is 0 Å². The SMILES string of the molecule is COC(=O)c1ccc(-c2cc(F)cc(OC[C@H]3OC(C)(C)O[C@@H]3[C@H]3OC(C)(C)O[C@@H]3COc3cc(OC)c([N+](=O)[O-])cc3Cl)c2)nc1. The molecular formula is C32H34ClFN2O11. The molecular weight excluding hydrogens is 643 g/mol. The Morgan fingerprint density at radius 1 is 0.936 bits per heavy atom. The normalized spacial score (nSPS) is 22.9. The number of hydrogen-bond donors (Lipinski definition) is 0. The smallest absolute Gasteiger partial charge is 0.339 e. The number of nitro groups is 1. The lowest BCUT2D eigenvalue weighted by molar-refractivity contribution is -0.385. The molecule has 5 rings (SSSR count). The van der Waals surface area contributed by atoms with Crippen LogP contribution in [0.5, 0.6) is 17.2 Å².